The summed E-state index contributed by atoms with van der Waals surface area (Å²) in [6.45, 7) is 3.53. The maximum absolute atomic E-state index is 12.8. The summed E-state index contributed by atoms with van der Waals surface area (Å²) in [6.07, 6.45) is 4.46. The smallest absolute Gasteiger partial charge is 0.242 e. The Morgan fingerprint density at radius 1 is 1.12 bits per heavy atom. The van der Waals surface area contributed by atoms with E-state index in [0.717, 1.165) is 37.7 Å². The van der Waals surface area contributed by atoms with E-state index in [1.54, 1.807) is 26.0 Å². The number of carbonyl (C=O) groups excluding carboxylic acids is 2. The second-order valence-electron chi connectivity index (χ2n) is 9.68. The van der Waals surface area contributed by atoms with Gasteiger partial charge in [0.05, 0.1) is 12.1 Å². The molecule has 9 nitrogen and oxygen atoms in total. The van der Waals surface area contributed by atoms with Gasteiger partial charge in [0, 0.05) is 12.2 Å². The third-order valence-electron chi connectivity index (χ3n) is 6.55. The lowest BCUT2D eigenvalue weighted by Gasteiger charge is -2.30. The van der Waals surface area contributed by atoms with E-state index in [-0.39, 0.29) is 37.0 Å². The molecule has 2 rings (SSSR count). The topological polar surface area (TPSA) is 162 Å². The highest BCUT2D eigenvalue weighted by Gasteiger charge is 2.31. The summed E-state index contributed by atoms with van der Waals surface area (Å²) in [5.41, 5.74) is 6.35. The summed E-state index contributed by atoms with van der Waals surface area (Å²) in [5.74, 6) is -0.875. The summed E-state index contributed by atoms with van der Waals surface area (Å²) >= 11 is 0. The number of amides is 2. The molecule has 34 heavy (non-hydrogen) atoms. The number of aliphatic hydroxyl groups excluding tert-OH is 1. The zero-order valence-electron chi connectivity index (χ0n) is 20.1. The summed E-state index contributed by atoms with van der Waals surface area (Å²) in [7, 11) is -2.79. The Kier molecular flexibility index (Phi) is 11.5. The number of carbonyl (C=O) groups is 2. The third kappa shape index (κ3) is 9.02. The van der Waals surface area contributed by atoms with Gasteiger partial charge in [-0.05, 0) is 55.2 Å². The lowest BCUT2D eigenvalue weighted by Crippen LogP contribution is -2.55. The Morgan fingerprint density at radius 2 is 1.74 bits per heavy atom. The van der Waals surface area contributed by atoms with Gasteiger partial charge in [-0.15, -0.1) is 0 Å². The first-order valence-electron chi connectivity index (χ1n) is 12.1. The maximum atomic E-state index is 12.8. The van der Waals surface area contributed by atoms with Crippen molar-refractivity contribution >= 4 is 19.8 Å². The second-order valence-corrected chi connectivity index (χ2v) is 11.1. The van der Waals surface area contributed by atoms with Crippen LogP contribution in [0.15, 0.2) is 24.3 Å². The van der Waals surface area contributed by atoms with Crippen LogP contribution in [0.1, 0.15) is 57.9 Å². The fourth-order valence-electron chi connectivity index (χ4n) is 4.51. The first-order valence-corrected chi connectivity index (χ1v) is 13.5. The van der Waals surface area contributed by atoms with Gasteiger partial charge >= 0.3 is 0 Å². The quantitative estimate of drug-likeness (QED) is 0.239. The van der Waals surface area contributed by atoms with Gasteiger partial charge in [0.1, 0.15) is 11.8 Å². The van der Waals surface area contributed by atoms with E-state index in [1.807, 2.05) is 0 Å². The first-order chi connectivity index (χ1) is 16.1. The number of nitrogens with two attached hydrogens (primary N) is 1. The highest BCUT2D eigenvalue weighted by Crippen LogP contribution is 2.40. The lowest BCUT2D eigenvalue weighted by molar-refractivity contribution is -0.130. The molecule has 1 aromatic carbocycles. The van der Waals surface area contributed by atoms with Crippen LogP contribution in [-0.2, 0) is 20.6 Å². The summed E-state index contributed by atoms with van der Waals surface area (Å²) in [6, 6.07) is 4.68. The number of benzene rings is 1. The Balaban J connectivity index is 1.87. The highest BCUT2D eigenvalue weighted by molar-refractivity contribution is 7.38. The van der Waals surface area contributed by atoms with Crippen LogP contribution in [0.4, 0.5) is 0 Å². The molecule has 5 atom stereocenters. The largest absolute Gasteiger partial charge is 0.508 e. The van der Waals surface area contributed by atoms with Gasteiger partial charge in [-0.3, -0.25) is 14.2 Å². The SMILES string of the molecule is CC(C)[C@H](NC(=O)[C@@H](N)Cc1ccc(O)cc1)C(=O)NC[C@H](O)CC(C1CCCCC1)[PH](=O)O. The summed E-state index contributed by atoms with van der Waals surface area (Å²) in [5, 5.41) is 25.2. The minimum atomic E-state index is -2.79. The first kappa shape index (κ1) is 28.3. The molecule has 1 fully saturated rings. The van der Waals surface area contributed by atoms with Crippen LogP contribution in [0.25, 0.3) is 0 Å². The van der Waals surface area contributed by atoms with E-state index in [1.165, 1.54) is 12.1 Å². The minimum Gasteiger partial charge on any atom is -0.508 e. The molecule has 2 amide bonds. The minimum absolute atomic E-state index is 0.0597. The molecule has 1 aliphatic carbocycles. The van der Waals surface area contributed by atoms with Gasteiger partial charge in [-0.25, -0.2) is 0 Å². The van der Waals surface area contributed by atoms with E-state index in [2.05, 4.69) is 10.6 Å². The standard InChI is InChI=1S/C24H40N3O6P/c1-15(2)22(27-23(30)20(25)12-16-8-10-18(28)11-9-16)24(31)26-14-19(29)13-21(34(32)33)17-6-4-3-5-7-17/h8-11,15,17,19-22,28-29,34H,3-7,12-14,25H2,1-2H3,(H,26,31)(H,27,30)(H,32,33)/t19-,20+,21?,22+/m1/s1. The van der Waals surface area contributed by atoms with Crippen molar-refractivity contribution < 1.29 is 29.3 Å². The monoisotopic (exact) mass is 497 g/mol. The molecule has 10 heteroatoms. The van der Waals surface area contributed by atoms with E-state index in [0.29, 0.717) is 0 Å². The Morgan fingerprint density at radius 3 is 2.29 bits per heavy atom. The molecule has 1 aliphatic rings. The van der Waals surface area contributed by atoms with Crippen molar-refractivity contribution in [2.24, 2.45) is 17.6 Å². The van der Waals surface area contributed by atoms with E-state index >= 15 is 0 Å². The predicted octanol–water partition coefficient (Wildman–Crippen LogP) is 1.69. The fraction of sp³-hybridized carbons (Fsp3) is 0.667. The molecular formula is C24H40N3O6P. The van der Waals surface area contributed by atoms with Gasteiger partial charge in [-0.1, -0.05) is 45.2 Å². The molecule has 192 valence electrons. The van der Waals surface area contributed by atoms with Crippen molar-refractivity contribution in [2.45, 2.75) is 82.6 Å². The van der Waals surface area contributed by atoms with E-state index in [4.69, 9.17) is 5.73 Å². The van der Waals surface area contributed by atoms with E-state index in [9.17, 15) is 29.3 Å². The van der Waals surface area contributed by atoms with Gasteiger partial charge in [0.2, 0.25) is 11.8 Å². The fourth-order valence-corrected chi connectivity index (χ4v) is 5.72. The predicted molar refractivity (Wildman–Crippen MR) is 132 cm³/mol. The molecule has 0 saturated heterocycles. The third-order valence-corrected chi connectivity index (χ3v) is 7.89. The Bertz CT molecular complexity index is 813. The lowest BCUT2D eigenvalue weighted by atomic mass is 9.85. The number of rotatable bonds is 12. The Hall–Kier alpha value is -1.93. The van der Waals surface area contributed by atoms with Crippen LogP contribution in [0, 0.1) is 11.8 Å². The number of hydrogen-bond donors (Lipinski definition) is 6. The Labute approximate surface area is 202 Å². The van der Waals surface area contributed by atoms with Crippen LogP contribution in [0.2, 0.25) is 0 Å². The normalized spacial score (nSPS) is 19.1. The molecule has 1 saturated carbocycles. The van der Waals surface area contributed by atoms with Crippen LogP contribution in [0.5, 0.6) is 5.75 Å². The number of phenolic OH excluding ortho intramolecular Hbond substituents is 1. The van der Waals surface area contributed by atoms with E-state index < -0.39 is 43.7 Å². The zero-order chi connectivity index (χ0) is 25.3. The molecular weight excluding hydrogens is 457 g/mol. The number of aliphatic hydroxyl groups is 1. The summed E-state index contributed by atoms with van der Waals surface area (Å²) < 4.78 is 11.9. The highest BCUT2D eigenvalue weighted by atomic mass is 31.1. The molecule has 0 heterocycles. The molecule has 7 N–H and O–H groups in total. The van der Waals surface area contributed by atoms with Gasteiger partial charge in [0.15, 0.2) is 8.03 Å². The molecule has 2 unspecified atom stereocenters. The van der Waals surface area contributed by atoms with Crippen LogP contribution in [-0.4, -0.2) is 57.3 Å². The van der Waals surface area contributed by atoms with Crippen molar-refractivity contribution in [3.63, 3.8) is 0 Å². The van der Waals surface area contributed by atoms with Crippen LogP contribution >= 0.6 is 8.03 Å². The molecule has 0 radical (unpaired) electrons. The van der Waals surface area contributed by atoms with Crippen molar-refractivity contribution in [3.8, 4) is 5.75 Å². The van der Waals surface area contributed by atoms with Crippen molar-refractivity contribution in [1.82, 2.24) is 10.6 Å². The van der Waals surface area contributed by atoms with Gasteiger partial charge in [0.25, 0.3) is 0 Å². The number of phenols is 1. The number of nitrogens with one attached hydrogen (secondary N) is 2. The average molecular weight is 498 g/mol. The number of hydrogen-bond acceptors (Lipinski definition) is 6. The maximum Gasteiger partial charge on any atom is 0.242 e. The van der Waals surface area contributed by atoms with Crippen molar-refractivity contribution in [1.29, 1.82) is 0 Å². The number of aromatic hydroxyl groups is 1. The molecule has 0 spiro atoms. The van der Waals surface area contributed by atoms with Crippen molar-refractivity contribution in [3.05, 3.63) is 29.8 Å². The molecule has 0 bridgehead atoms. The molecule has 0 aromatic heterocycles. The second kappa shape index (κ2) is 13.8. The molecule has 0 aliphatic heterocycles. The molecule has 1 aromatic rings. The average Bonchev–Trinajstić information content (AvgIpc) is 2.80. The van der Waals surface area contributed by atoms with Crippen molar-refractivity contribution in [2.75, 3.05) is 6.54 Å². The van der Waals surface area contributed by atoms with Gasteiger partial charge < -0.3 is 31.5 Å². The summed E-state index contributed by atoms with van der Waals surface area (Å²) in [4.78, 5) is 35.1. The van der Waals surface area contributed by atoms with Gasteiger partial charge in [-0.2, -0.15) is 0 Å². The zero-order valence-corrected chi connectivity index (χ0v) is 21.1. The van der Waals surface area contributed by atoms with Crippen LogP contribution < -0.4 is 16.4 Å². The van der Waals surface area contributed by atoms with Crippen LogP contribution in [0.3, 0.4) is 0 Å².